The lowest BCUT2D eigenvalue weighted by molar-refractivity contribution is 0.401. The van der Waals surface area contributed by atoms with Crippen molar-refractivity contribution in [3.05, 3.63) is 18.1 Å². The molecule has 0 atom stereocenters. The third kappa shape index (κ3) is 4.62. The molecule has 0 aliphatic heterocycles. The third-order valence-electron chi connectivity index (χ3n) is 2.38. The highest BCUT2D eigenvalue weighted by atomic mass is 32.1. The number of nitrogens with two attached hydrogens (primary N) is 1. The minimum atomic E-state index is 0.277. The summed E-state index contributed by atoms with van der Waals surface area (Å²) in [6.45, 7) is 2.00. The molecule has 17 heavy (non-hydrogen) atoms. The van der Waals surface area contributed by atoms with Gasteiger partial charge in [-0.1, -0.05) is 12.2 Å². The van der Waals surface area contributed by atoms with Gasteiger partial charge in [-0.2, -0.15) is 0 Å². The number of thiocarbonyl (C=S) groups is 1. The molecule has 0 aliphatic carbocycles. The summed E-state index contributed by atoms with van der Waals surface area (Å²) in [4.78, 5) is 13.0. The van der Waals surface area contributed by atoms with Gasteiger partial charge >= 0.3 is 0 Å². The van der Waals surface area contributed by atoms with E-state index in [1.807, 2.05) is 7.05 Å². The molecule has 0 fully saturated rings. The molecular weight excluding hydrogens is 234 g/mol. The number of hydrogen-bond acceptors (Lipinski definition) is 5. The molecular formula is C11H19N5S. The first-order chi connectivity index (χ1) is 8.00. The van der Waals surface area contributed by atoms with E-state index in [1.165, 1.54) is 0 Å². The SMILES string of the molecule is CN(C)CCCN(C)c1cnc(C(N)=S)cn1. The summed E-state index contributed by atoms with van der Waals surface area (Å²) in [5.41, 5.74) is 6.02. The van der Waals surface area contributed by atoms with E-state index < -0.39 is 0 Å². The van der Waals surface area contributed by atoms with Gasteiger partial charge in [0.05, 0.1) is 12.4 Å². The molecule has 1 rings (SSSR count). The zero-order valence-corrected chi connectivity index (χ0v) is 11.4. The monoisotopic (exact) mass is 253 g/mol. The maximum Gasteiger partial charge on any atom is 0.146 e. The number of anilines is 1. The lowest BCUT2D eigenvalue weighted by atomic mass is 10.3. The van der Waals surface area contributed by atoms with Crippen LogP contribution in [0.3, 0.4) is 0 Å². The van der Waals surface area contributed by atoms with E-state index >= 15 is 0 Å². The topological polar surface area (TPSA) is 58.3 Å². The van der Waals surface area contributed by atoms with Gasteiger partial charge in [-0.15, -0.1) is 0 Å². The number of hydrogen-bond donors (Lipinski definition) is 1. The van der Waals surface area contributed by atoms with Crippen molar-refractivity contribution in [3.8, 4) is 0 Å². The minimum Gasteiger partial charge on any atom is -0.388 e. The van der Waals surface area contributed by atoms with E-state index in [0.717, 1.165) is 25.3 Å². The molecule has 2 N–H and O–H groups in total. The molecule has 1 aromatic rings. The molecule has 5 nitrogen and oxygen atoms in total. The summed E-state index contributed by atoms with van der Waals surface area (Å²) in [6.07, 6.45) is 4.40. The van der Waals surface area contributed by atoms with Crippen LogP contribution in [0.5, 0.6) is 0 Å². The molecule has 0 aliphatic rings. The van der Waals surface area contributed by atoms with Crippen LogP contribution in [0.2, 0.25) is 0 Å². The number of rotatable bonds is 6. The Kier molecular flexibility index (Phi) is 5.24. The average Bonchev–Trinajstić information content (AvgIpc) is 2.28. The van der Waals surface area contributed by atoms with Crippen molar-refractivity contribution in [2.75, 3.05) is 39.1 Å². The van der Waals surface area contributed by atoms with Gasteiger partial charge in [-0.25, -0.2) is 9.97 Å². The zero-order chi connectivity index (χ0) is 12.8. The number of aromatic nitrogens is 2. The number of nitrogens with zero attached hydrogens (tertiary/aromatic N) is 4. The summed E-state index contributed by atoms with van der Waals surface area (Å²) in [5.74, 6) is 0.837. The smallest absolute Gasteiger partial charge is 0.146 e. The molecule has 0 saturated heterocycles. The van der Waals surface area contributed by atoms with E-state index in [-0.39, 0.29) is 4.99 Å². The molecule has 94 valence electrons. The summed E-state index contributed by atoms with van der Waals surface area (Å²) in [7, 11) is 6.13. The predicted octanol–water partition coefficient (Wildman–Crippen LogP) is 0.499. The van der Waals surface area contributed by atoms with Gasteiger partial charge in [0.25, 0.3) is 0 Å². The van der Waals surface area contributed by atoms with Gasteiger partial charge in [0, 0.05) is 13.6 Å². The summed E-state index contributed by atoms with van der Waals surface area (Å²) in [5, 5.41) is 0. The Morgan fingerprint density at radius 3 is 2.41 bits per heavy atom. The van der Waals surface area contributed by atoms with Crippen LogP contribution in [0.1, 0.15) is 12.1 Å². The third-order valence-corrected chi connectivity index (χ3v) is 2.59. The molecule has 0 spiro atoms. The lowest BCUT2D eigenvalue weighted by Gasteiger charge is -2.19. The van der Waals surface area contributed by atoms with Crippen LogP contribution in [-0.4, -0.2) is 54.1 Å². The Morgan fingerprint density at radius 2 is 1.94 bits per heavy atom. The first kappa shape index (κ1) is 13.8. The van der Waals surface area contributed by atoms with Crippen molar-refractivity contribution >= 4 is 23.0 Å². The maximum atomic E-state index is 5.46. The van der Waals surface area contributed by atoms with Gasteiger partial charge in [-0.05, 0) is 27.1 Å². The molecule has 0 amide bonds. The van der Waals surface area contributed by atoms with Crippen molar-refractivity contribution in [1.82, 2.24) is 14.9 Å². The summed E-state index contributed by atoms with van der Waals surface area (Å²) in [6, 6.07) is 0. The van der Waals surface area contributed by atoms with Crippen LogP contribution in [0.25, 0.3) is 0 Å². The van der Waals surface area contributed by atoms with E-state index in [0.29, 0.717) is 5.69 Å². The summed E-state index contributed by atoms with van der Waals surface area (Å²) < 4.78 is 0. The summed E-state index contributed by atoms with van der Waals surface area (Å²) >= 11 is 4.83. The van der Waals surface area contributed by atoms with Gasteiger partial charge < -0.3 is 15.5 Å². The molecule has 0 bridgehead atoms. The Labute approximate surface area is 108 Å². The molecule has 1 heterocycles. The second-order valence-electron chi connectivity index (χ2n) is 4.20. The molecule has 0 unspecified atom stereocenters. The van der Waals surface area contributed by atoms with Crippen molar-refractivity contribution < 1.29 is 0 Å². The largest absolute Gasteiger partial charge is 0.388 e. The fourth-order valence-electron chi connectivity index (χ4n) is 1.38. The van der Waals surface area contributed by atoms with E-state index in [1.54, 1.807) is 12.4 Å². The highest BCUT2D eigenvalue weighted by molar-refractivity contribution is 7.80. The Balaban J connectivity index is 2.51. The van der Waals surface area contributed by atoms with Crippen LogP contribution in [-0.2, 0) is 0 Å². The zero-order valence-electron chi connectivity index (χ0n) is 10.6. The molecule has 0 aromatic carbocycles. The molecule has 0 saturated carbocycles. The van der Waals surface area contributed by atoms with Crippen LogP contribution in [0.4, 0.5) is 5.82 Å². The molecule has 1 aromatic heterocycles. The quantitative estimate of drug-likeness (QED) is 0.745. The van der Waals surface area contributed by atoms with E-state index in [4.69, 9.17) is 18.0 Å². The average molecular weight is 253 g/mol. The van der Waals surface area contributed by atoms with Crippen molar-refractivity contribution in [1.29, 1.82) is 0 Å². The van der Waals surface area contributed by atoms with Crippen LogP contribution >= 0.6 is 12.2 Å². The van der Waals surface area contributed by atoms with Gasteiger partial charge in [0.1, 0.15) is 16.5 Å². The maximum absolute atomic E-state index is 5.46. The first-order valence-corrected chi connectivity index (χ1v) is 5.89. The van der Waals surface area contributed by atoms with Crippen LogP contribution in [0.15, 0.2) is 12.4 Å². The van der Waals surface area contributed by atoms with Gasteiger partial charge in [-0.3, -0.25) is 0 Å². The lowest BCUT2D eigenvalue weighted by Crippen LogP contribution is -2.24. The second kappa shape index (κ2) is 6.46. The van der Waals surface area contributed by atoms with Crippen molar-refractivity contribution in [2.45, 2.75) is 6.42 Å². The fourth-order valence-corrected chi connectivity index (χ4v) is 1.49. The normalized spacial score (nSPS) is 10.6. The van der Waals surface area contributed by atoms with E-state index in [9.17, 15) is 0 Å². The molecule has 6 heteroatoms. The predicted molar refractivity (Wildman–Crippen MR) is 74.4 cm³/mol. The molecule has 0 radical (unpaired) electrons. The van der Waals surface area contributed by atoms with Crippen LogP contribution in [0, 0.1) is 0 Å². The minimum absolute atomic E-state index is 0.277. The highest BCUT2D eigenvalue weighted by Gasteiger charge is 2.04. The van der Waals surface area contributed by atoms with Gasteiger partial charge in [0.15, 0.2) is 0 Å². The fraction of sp³-hybridized carbons (Fsp3) is 0.545. The Hall–Kier alpha value is -1.27. The van der Waals surface area contributed by atoms with Crippen LogP contribution < -0.4 is 10.6 Å². The van der Waals surface area contributed by atoms with Gasteiger partial charge in [0.2, 0.25) is 0 Å². The first-order valence-electron chi connectivity index (χ1n) is 5.48. The van der Waals surface area contributed by atoms with E-state index in [2.05, 4.69) is 33.9 Å². The highest BCUT2D eigenvalue weighted by Crippen LogP contribution is 2.07. The Morgan fingerprint density at radius 1 is 1.24 bits per heavy atom. The second-order valence-corrected chi connectivity index (χ2v) is 4.64. The van der Waals surface area contributed by atoms with Crippen molar-refractivity contribution in [3.63, 3.8) is 0 Å². The van der Waals surface area contributed by atoms with Crippen molar-refractivity contribution in [2.24, 2.45) is 5.73 Å². The Bertz CT molecular complexity index is 363. The standard InChI is InChI=1S/C11H19N5S/c1-15(2)5-4-6-16(3)10-8-13-9(7-14-10)11(12)17/h7-8H,4-6H2,1-3H3,(H2,12,17).